The quantitative estimate of drug-likeness (QED) is 0.124. The second-order valence-corrected chi connectivity index (χ2v) is 5.91. The van der Waals surface area contributed by atoms with Crippen LogP contribution in [0.5, 0.6) is 0 Å². The second kappa shape index (κ2) is 22.0. The fraction of sp³-hybridized carbons (Fsp3) is 0.368. The molecule has 0 unspecified atom stereocenters. The van der Waals surface area contributed by atoms with Gasteiger partial charge in [-0.15, -0.1) is 0 Å². The first-order chi connectivity index (χ1) is 15.8. The van der Waals surface area contributed by atoms with E-state index in [1.54, 1.807) is 0 Å². The molecule has 0 saturated carbocycles. The molecule has 0 atom stereocenters. The topological polar surface area (TPSA) is 288 Å². The highest BCUT2D eigenvalue weighted by atomic mass is 16.5. The Morgan fingerprint density at radius 3 is 1.38 bits per heavy atom. The van der Waals surface area contributed by atoms with Gasteiger partial charge in [0.15, 0.2) is 0 Å². The number of hydrogen-bond acceptors (Lipinski definition) is 9. The van der Waals surface area contributed by atoms with Crippen LogP contribution in [0.1, 0.15) is 31.2 Å². The van der Waals surface area contributed by atoms with Crippen molar-refractivity contribution in [3.63, 3.8) is 0 Å². The highest BCUT2D eigenvalue weighted by Crippen LogP contribution is 2.09. The molecular weight excluding hydrogens is 462 g/mol. The van der Waals surface area contributed by atoms with Crippen molar-refractivity contribution < 1.29 is 59.4 Å². The van der Waals surface area contributed by atoms with Crippen LogP contribution in [-0.4, -0.2) is 79.5 Å². The summed E-state index contributed by atoms with van der Waals surface area (Å²) in [5, 5.41) is 47.8. The number of nitrogens with two attached hydrogens (primary N) is 2. The zero-order chi connectivity index (χ0) is 27.1. The van der Waals surface area contributed by atoms with Crippen LogP contribution >= 0.6 is 0 Å². The van der Waals surface area contributed by atoms with Gasteiger partial charge in [-0.1, -0.05) is 31.0 Å². The van der Waals surface area contributed by atoms with Gasteiger partial charge in [-0.05, 0) is 37.6 Å². The molecule has 0 radical (unpaired) electrons. The van der Waals surface area contributed by atoms with E-state index < -0.39 is 35.8 Å². The zero-order valence-corrected chi connectivity index (χ0v) is 18.0. The van der Waals surface area contributed by atoms with Crippen LogP contribution in [0.2, 0.25) is 0 Å². The number of hydrogen-bond donors (Lipinski definition) is 9. The van der Waals surface area contributed by atoms with Crippen molar-refractivity contribution in [1.82, 2.24) is 5.32 Å². The standard InChI is InChI=1S/C13H23N3.3C2H2O4/c14-9-5-1-2-6-10-16-11-12-7-3-4-8-13(12)15;3*3-1(4)2(5)6/h3-4,7-8,16H,1-2,5-6,9-11,14-15H2;3*(H,3,4)(H,5,6). The van der Waals surface area contributed by atoms with Crippen molar-refractivity contribution in [2.45, 2.75) is 32.2 Å². The molecule has 1 aromatic carbocycles. The Morgan fingerprint density at radius 1 is 0.647 bits per heavy atom. The molecule has 0 aliphatic rings. The predicted molar refractivity (Wildman–Crippen MR) is 116 cm³/mol. The third-order valence-corrected chi connectivity index (χ3v) is 3.23. The summed E-state index contributed by atoms with van der Waals surface area (Å²) in [6.45, 7) is 2.73. The number of carboxylic acid groups (broad SMARTS) is 6. The minimum absolute atomic E-state index is 0.813. The van der Waals surface area contributed by atoms with Gasteiger partial charge >= 0.3 is 35.8 Å². The first kappa shape index (κ1) is 34.4. The summed E-state index contributed by atoms with van der Waals surface area (Å²) in [5.41, 5.74) is 13.3. The van der Waals surface area contributed by atoms with Gasteiger partial charge < -0.3 is 47.4 Å². The van der Waals surface area contributed by atoms with E-state index in [1.807, 2.05) is 18.2 Å². The first-order valence-corrected chi connectivity index (χ1v) is 9.40. The second-order valence-electron chi connectivity index (χ2n) is 5.91. The molecule has 192 valence electrons. The molecule has 0 spiro atoms. The Kier molecular flexibility index (Phi) is 22.2. The van der Waals surface area contributed by atoms with Gasteiger partial charge in [0.05, 0.1) is 0 Å². The van der Waals surface area contributed by atoms with E-state index in [4.69, 9.17) is 70.9 Å². The Bertz CT molecular complexity index is 705. The number of rotatable bonds is 8. The molecule has 0 aliphatic heterocycles. The summed E-state index contributed by atoms with van der Waals surface area (Å²) in [6, 6.07) is 8.00. The van der Waals surface area contributed by atoms with Crippen LogP contribution < -0.4 is 16.8 Å². The van der Waals surface area contributed by atoms with Gasteiger partial charge in [-0.3, -0.25) is 0 Å². The Hall–Kier alpha value is -4.24. The summed E-state index contributed by atoms with van der Waals surface area (Å²) in [4.78, 5) is 54.6. The van der Waals surface area contributed by atoms with E-state index in [0.717, 1.165) is 31.7 Å². The van der Waals surface area contributed by atoms with Crippen LogP contribution in [0, 0.1) is 0 Å². The number of para-hydroxylation sites is 1. The first-order valence-electron chi connectivity index (χ1n) is 9.40. The van der Waals surface area contributed by atoms with Gasteiger partial charge in [0.25, 0.3) is 0 Å². The summed E-state index contributed by atoms with van der Waals surface area (Å²) in [5.74, 6) is -10.9. The Morgan fingerprint density at radius 2 is 1.03 bits per heavy atom. The summed E-state index contributed by atoms with van der Waals surface area (Å²) >= 11 is 0. The SMILES string of the molecule is NCCCCCCNCc1ccccc1N.O=C(O)C(=O)O.O=C(O)C(=O)O.O=C(O)C(=O)O. The zero-order valence-electron chi connectivity index (χ0n) is 18.0. The van der Waals surface area contributed by atoms with E-state index >= 15 is 0 Å². The number of carbonyl (C=O) groups is 6. The largest absolute Gasteiger partial charge is 0.473 e. The maximum atomic E-state index is 9.10. The number of nitrogen functional groups attached to an aromatic ring is 1. The fourth-order valence-corrected chi connectivity index (χ4v) is 1.67. The lowest BCUT2D eigenvalue weighted by Crippen LogP contribution is -2.15. The molecule has 34 heavy (non-hydrogen) atoms. The number of nitrogens with one attached hydrogen (secondary N) is 1. The van der Waals surface area contributed by atoms with Gasteiger partial charge in [0.1, 0.15) is 0 Å². The fourth-order valence-electron chi connectivity index (χ4n) is 1.67. The Labute approximate surface area is 193 Å². The van der Waals surface area contributed by atoms with E-state index in [2.05, 4.69) is 11.4 Å². The third kappa shape index (κ3) is 25.8. The maximum absolute atomic E-state index is 9.10. The molecule has 0 fully saturated rings. The molecule has 11 N–H and O–H groups in total. The van der Waals surface area contributed by atoms with Crippen molar-refractivity contribution in [2.24, 2.45) is 5.73 Å². The smallest absolute Gasteiger partial charge is 0.414 e. The van der Waals surface area contributed by atoms with Crippen LogP contribution in [0.25, 0.3) is 0 Å². The molecule has 0 bridgehead atoms. The van der Waals surface area contributed by atoms with Crippen molar-refractivity contribution >= 4 is 41.5 Å². The van der Waals surface area contributed by atoms with Crippen molar-refractivity contribution in [1.29, 1.82) is 0 Å². The van der Waals surface area contributed by atoms with Gasteiger partial charge in [0.2, 0.25) is 0 Å². The monoisotopic (exact) mass is 491 g/mol. The van der Waals surface area contributed by atoms with Crippen LogP contribution in [0.3, 0.4) is 0 Å². The lowest BCUT2D eigenvalue weighted by atomic mass is 10.1. The van der Waals surface area contributed by atoms with Crippen molar-refractivity contribution in [3.8, 4) is 0 Å². The molecule has 0 saturated heterocycles. The normalized spacial score (nSPS) is 8.85. The van der Waals surface area contributed by atoms with Crippen LogP contribution in [0.15, 0.2) is 24.3 Å². The molecule has 0 heterocycles. The summed E-state index contributed by atoms with van der Waals surface area (Å²) in [6.07, 6.45) is 4.86. The Balaban J connectivity index is -0.000000442. The van der Waals surface area contributed by atoms with Crippen LogP contribution in [0.4, 0.5) is 5.69 Å². The lowest BCUT2D eigenvalue weighted by molar-refractivity contribution is -0.159. The summed E-state index contributed by atoms with van der Waals surface area (Å²) < 4.78 is 0. The molecule has 15 nitrogen and oxygen atoms in total. The van der Waals surface area contributed by atoms with E-state index in [9.17, 15) is 0 Å². The molecular formula is C19H29N3O12. The van der Waals surface area contributed by atoms with Crippen molar-refractivity contribution in [2.75, 3.05) is 18.8 Å². The molecule has 0 aromatic heterocycles. The summed E-state index contributed by atoms with van der Waals surface area (Å²) in [7, 11) is 0. The molecule has 1 aromatic rings. The molecule has 0 aliphatic carbocycles. The highest BCUT2D eigenvalue weighted by Gasteiger charge is 2.05. The van der Waals surface area contributed by atoms with Crippen LogP contribution in [-0.2, 0) is 35.3 Å². The number of aliphatic carboxylic acids is 6. The van der Waals surface area contributed by atoms with Gasteiger partial charge in [0, 0.05) is 12.2 Å². The average Bonchev–Trinajstić information content (AvgIpc) is 2.75. The third-order valence-electron chi connectivity index (χ3n) is 3.23. The minimum atomic E-state index is -1.82. The highest BCUT2D eigenvalue weighted by molar-refractivity contribution is 6.28. The minimum Gasteiger partial charge on any atom is -0.473 e. The number of anilines is 1. The van der Waals surface area contributed by atoms with Gasteiger partial charge in [-0.2, -0.15) is 0 Å². The van der Waals surface area contributed by atoms with Gasteiger partial charge in [-0.25, -0.2) is 28.8 Å². The lowest BCUT2D eigenvalue weighted by Gasteiger charge is -2.07. The predicted octanol–water partition coefficient (Wildman–Crippen LogP) is -0.656. The molecule has 1 rings (SSSR count). The number of unbranched alkanes of at least 4 members (excludes halogenated alkanes) is 3. The average molecular weight is 491 g/mol. The number of benzene rings is 1. The van der Waals surface area contributed by atoms with E-state index in [-0.39, 0.29) is 0 Å². The van der Waals surface area contributed by atoms with E-state index in [1.165, 1.54) is 24.8 Å². The number of carboxylic acids is 6. The van der Waals surface area contributed by atoms with E-state index in [0.29, 0.717) is 0 Å². The molecule has 0 amide bonds. The van der Waals surface area contributed by atoms with Crippen molar-refractivity contribution in [3.05, 3.63) is 29.8 Å². The maximum Gasteiger partial charge on any atom is 0.414 e. The molecule has 15 heteroatoms.